The Morgan fingerprint density at radius 1 is 1.13 bits per heavy atom. The Morgan fingerprint density at radius 3 is 2.61 bits per heavy atom. The van der Waals surface area contributed by atoms with E-state index in [9.17, 15) is 13.9 Å². The highest BCUT2D eigenvalue weighted by molar-refractivity contribution is 6.33. The Hall–Kier alpha value is -2.17. The zero-order valence-corrected chi connectivity index (χ0v) is 17.7. The average molecular weight is 452 g/mol. The number of halogens is 3. The van der Waals surface area contributed by atoms with E-state index in [1.807, 2.05) is 0 Å². The maximum atomic E-state index is 13.9. The molecule has 7 nitrogen and oxygen atoms in total. The zero-order chi connectivity index (χ0) is 22.1. The molecule has 3 aromatic rings. The molecule has 2 fully saturated rings. The summed E-state index contributed by atoms with van der Waals surface area (Å²) in [5.41, 5.74) is -1.01. The van der Waals surface area contributed by atoms with E-state index in [-0.39, 0.29) is 5.56 Å². The molecule has 5 atom stereocenters. The lowest BCUT2D eigenvalue weighted by Gasteiger charge is -2.34. The van der Waals surface area contributed by atoms with Gasteiger partial charge in [0.2, 0.25) is 0 Å². The van der Waals surface area contributed by atoms with E-state index < -0.39 is 47.6 Å². The molecule has 0 saturated carbocycles. The van der Waals surface area contributed by atoms with Crippen LogP contribution in [0.15, 0.2) is 36.8 Å². The molecule has 0 bridgehead atoms. The van der Waals surface area contributed by atoms with Gasteiger partial charge in [-0.3, -0.25) is 0 Å². The van der Waals surface area contributed by atoms with Crippen molar-refractivity contribution in [2.24, 2.45) is 0 Å². The van der Waals surface area contributed by atoms with Crippen LogP contribution in [0.5, 0.6) is 0 Å². The molecular weight excluding hydrogens is 432 g/mol. The van der Waals surface area contributed by atoms with E-state index in [1.165, 1.54) is 19.3 Å². The molecule has 0 radical (unpaired) electrons. The summed E-state index contributed by atoms with van der Waals surface area (Å²) in [4.78, 5) is 8.29. The van der Waals surface area contributed by atoms with E-state index in [1.54, 1.807) is 30.7 Å². The Morgan fingerprint density at radius 2 is 1.87 bits per heavy atom. The van der Waals surface area contributed by atoms with E-state index in [0.29, 0.717) is 16.2 Å². The first kappa shape index (κ1) is 20.7. The van der Waals surface area contributed by atoms with Crippen molar-refractivity contribution < 1.29 is 28.1 Å². The van der Waals surface area contributed by atoms with Gasteiger partial charge in [0.15, 0.2) is 23.6 Å². The molecule has 0 unspecified atom stereocenters. The normalized spacial score (nSPS) is 29.3. The van der Waals surface area contributed by atoms with Crippen LogP contribution in [0.3, 0.4) is 0 Å². The van der Waals surface area contributed by atoms with Gasteiger partial charge in [-0.15, -0.1) is 0 Å². The number of hydrogen-bond donors (Lipinski definition) is 1. The van der Waals surface area contributed by atoms with Crippen LogP contribution in [0.25, 0.3) is 11.0 Å². The second-order valence-electron chi connectivity index (χ2n) is 8.41. The molecule has 1 aromatic carbocycles. The highest BCUT2D eigenvalue weighted by Gasteiger charge is 2.60. The second kappa shape index (κ2) is 6.91. The van der Waals surface area contributed by atoms with E-state index >= 15 is 0 Å². The molecule has 0 amide bonds. The van der Waals surface area contributed by atoms with Gasteiger partial charge in [0.05, 0.1) is 5.39 Å². The van der Waals surface area contributed by atoms with Crippen LogP contribution >= 0.6 is 11.6 Å². The minimum Gasteiger partial charge on any atom is -0.383 e. The number of fused-ring (bicyclic) bond motifs is 2. The first-order valence-electron chi connectivity index (χ1n) is 9.74. The zero-order valence-electron chi connectivity index (χ0n) is 16.9. The lowest BCUT2D eigenvalue weighted by Crippen LogP contribution is -2.45. The molecule has 2 aliphatic rings. The molecule has 1 N–H and O–H groups in total. The van der Waals surface area contributed by atoms with Crippen molar-refractivity contribution in [2.75, 3.05) is 0 Å². The monoisotopic (exact) mass is 451 g/mol. The Balaban J connectivity index is 1.58. The first-order valence-corrected chi connectivity index (χ1v) is 10.1. The summed E-state index contributed by atoms with van der Waals surface area (Å²) >= 11 is 6.18. The Kier molecular flexibility index (Phi) is 4.62. The minimum atomic E-state index is -1.70. The van der Waals surface area contributed by atoms with Gasteiger partial charge in [-0.05, 0) is 44.5 Å². The highest BCUT2D eigenvalue weighted by Crippen LogP contribution is 2.48. The summed E-state index contributed by atoms with van der Waals surface area (Å²) in [6, 6.07) is 5.01. The van der Waals surface area contributed by atoms with Crippen LogP contribution < -0.4 is 0 Å². The third-order valence-corrected chi connectivity index (χ3v) is 6.12. The third kappa shape index (κ3) is 3.23. The predicted octanol–water partition coefficient (Wildman–Crippen LogP) is 3.69. The molecule has 0 spiro atoms. The van der Waals surface area contributed by atoms with Gasteiger partial charge < -0.3 is 23.9 Å². The summed E-state index contributed by atoms with van der Waals surface area (Å²) in [7, 11) is 0. The number of aromatic nitrogens is 3. The van der Waals surface area contributed by atoms with Crippen LogP contribution in [-0.4, -0.2) is 43.7 Å². The fourth-order valence-electron chi connectivity index (χ4n) is 4.37. The maximum Gasteiger partial charge on any atom is 0.164 e. The van der Waals surface area contributed by atoms with Crippen LogP contribution in [0.4, 0.5) is 8.78 Å². The quantitative estimate of drug-likeness (QED) is 0.612. The lowest BCUT2D eigenvalue weighted by molar-refractivity contribution is -0.221. The molecule has 5 rings (SSSR count). The second-order valence-corrected chi connectivity index (χ2v) is 8.77. The fourth-order valence-corrected chi connectivity index (χ4v) is 4.56. The standard InChI is InChI=1S/C21H20ClF2N3O4/c1-20(2)30-14-15(31-20)19(27-7-6-11-17(22)25-9-26-18(11)27)29-16(14)21(3,28)10-4-5-12(23)13(24)8-10/h4-9,14-16,19,28H,1-3H3/t14-,15+,16-,19+,21+/m0/s1. The van der Waals surface area contributed by atoms with Gasteiger partial charge >= 0.3 is 0 Å². The highest BCUT2D eigenvalue weighted by atomic mass is 35.5. The number of aliphatic hydroxyl groups is 1. The number of nitrogens with zero attached hydrogens (tertiary/aromatic N) is 3. The SMILES string of the molecule is CC1(C)O[C@@H]2[C@H](O1)[C@@H]([C@](C)(O)c1ccc(F)c(F)c1)O[C@H]2n1ccc2c(Cl)ncnc21. The fraction of sp³-hybridized carbons (Fsp3) is 0.429. The Labute approximate surface area is 181 Å². The molecule has 31 heavy (non-hydrogen) atoms. The van der Waals surface area contributed by atoms with Crippen molar-refractivity contribution in [1.29, 1.82) is 0 Å². The lowest BCUT2D eigenvalue weighted by atomic mass is 9.86. The van der Waals surface area contributed by atoms with Gasteiger partial charge in [-0.1, -0.05) is 17.7 Å². The largest absolute Gasteiger partial charge is 0.383 e. The number of ether oxygens (including phenoxy) is 3. The van der Waals surface area contributed by atoms with Crippen LogP contribution in [0.2, 0.25) is 5.15 Å². The molecule has 10 heteroatoms. The Bertz CT molecular complexity index is 1170. The van der Waals surface area contributed by atoms with E-state index in [2.05, 4.69) is 9.97 Å². The number of benzene rings is 1. The van der Waals surface area contributed by atoms with Crippen molar-refractivity contribution in [2.45, 2.75) is 56.7 Å². The predicted molar refractivity (Wildman–Crippen MR) is 106 cm³/mol. The molecular formula is C21H20ClF2N3O4. The molecule has 0 aliphatic carbocycles. The van der Waals surface area contributed by atoms with Crippen molar-refractivity contribution in [3.63, 3.8) is 0 Å². The molecule has 2 aliphatic heterocycles. The summed E-state index contributed by atoms with van der Waals surface area (Å²) in [5, 5.41) is 12.3. The summed E-state index contributed by atoms with van der Waals surface area (Å²) < 4.78 is 47.5. The minimum absolute atomic E-state index is 0.159. The van der Waals surface area contributed by atoms with E-state index in [0.717, 1.165) is 12.1 Å². The summed E-state index contributed by atoms with van der Waals surface area (Å²) in [6.45, 7) is 5.00. The van der Waals surface area contributed by atoms with Gasteiger partial charge in [0.1, 0.15) is 41.0 Å². The first-order chi connectivity index (χ1) is 14.6. The van der Waals surface area contributed by atoms with Crippen LogP contribution in [0.1, 0.15) is 32.6 Å². The van der Waals surface area contributed by atoms with Gasteiger partial charge in [-0.25, -0.2) is 18.7 Å². The summed E-state index contributed by atoms with van der Waals surface area (Å²) in [5.74, 6) is -3.00. The maximum absolute atomic E-state index is 13.9. The van der Waals surface area contributed by atoms with Crippen molar-refractivity contribution >= 4 is 22.6 Å². The van der Waals surface area contributed by atoms with Crippen molar-refractivity contribution in [3.05, 3.63) is 59.1 Å². The van der Waals surface area contributed by atoms with Gasteiger partial charge in [0.25, 0.3) is 0 Å². The van der Waals surface area contributed by atoms with Crippen molar-refractivity contribution in [1.82, 2.24) is 14.5 Å². The topological polar surface area (TPSA) is 78.6 Å². The van der Waals surface area contributed by atoms with Gasteiger partial charge in [0, 0.05) is 6.20 Å². The van der Waals surface area contributed by atoms with Gasteiger partial charge in [-0.2, -0.15) is 0 Å². The number of hydrogen-bond acceptors (Lipinski definition) is 6. The smallest absolute Gasteiger partial charge is 0.164 e. The number of rotatable bonds is 3. The summed E-state index contributed by atoms with van der Waals surface area (Å²) in [6.07, 6.45) is 0.161. The third-order valence-electron chi connectivity index (χ3n) is 5.82. The molecule has 4 heterocycles. The average Bonchev–Trinajstić information content (AvgIpc) is 3.35. The van der Waals surface area contributed by atoms with Crippen molar-refractivity contribution in [3.8, 4) is 0 Å². The molecule has 164 valence electrons. The van der Waals surface area contributed by atoms with Crippen LogP contribution in [-0.2, 0) is 19.8 Å². The molecule has 2 aromatic heterocycles. The van der Waals surface area contributed by atoms with E-state index in [4.69, 9.17) is 25.8 Å². The van der Waals surface area contributed by atoms with Crippen LogP contribution in [0, 0.1) is 11.6 Å². The molecule has 2 saturated heterocycles.